The first kappa shape index (κ1) is 30.3. The van der Waals surface area contributed by atoms with Gasteiger partial charge < -0.3 is 9.80 Å². The van der Waals surface area contributed by atoms with Crippen LogP contribution in [0.5, 0.6) is 0 Å². The van der Waals surface area contributed by atoms with Crippen LogP contribution in [0.4, 0.5) is 17.1 Å². The van der Waals surface area contributed by atoms with Gasteiger partial charge in [0, 0.05) is 33.7 Å². The van der Waals surface area contributed by atoms with Gasteiger partial charge in [0.05, 0.1) is 34.5 Å². The van der Waals surface area contributed by atoms with E-state index < -0.39 is 12.4 Å². The van der Waals surface area contributed by atoms with Gasteiger partial charge >= 0.3 is 0 Å². The number of anilines is 3. The van der Waals surface area contributed by atoms with Crippen LogP contribution in [-0.2, 0) is 5.41 Å². The van der Waals surface area contributed by atoms with Crippen molar-refractivity contribution in [1.29, 1.82) is 0 Å². The molecule has 2 aliphatic rings. The second-order valence-corrected chi connectivity index (χ2v) is 15.6. The van der Waals surface area contributed by atoms with Gasteiger partial charge in [-0.1, -0.05) is 141 Å². The van der Waals surface area contributed by atoms with Crippen molar-refractivity contribution in [3.05, 3.63) is 210 Å². The van der Waals surface area contributed by atoms with Crippen LogP contribution in [0.2, 0.25) is 0 Å². The Kier molecular flexibility index (Phi) is 6.82. The number of rotatable bonds is 6. The van der Waals surface area contributed by atoms with E-state index >= 15 is 0 Å². The molecular weight excluding hydrogens is 693 g/mol. The normalized spacial score (nSPS) is 15.0. The van der Waals surface area contributed by atoms with Gasteiger partial charge in [-0.05, 0) is 105 Å². The van der Waals surface area contributed by atoms with Crippen molar-refractivity contribution >= 4 is 38.9 Å². The molecule has 9 aromatic rings. The van der Waals surface area contributed by atoms with Crippen LogP contribution in [-0.4, -0.2) is 23.2 Å². The van der Waals surface area contributed by atoms with Crippen LogP contribution in [0.3, 0.4) is 0 Å². The van der Waals surface area contributed by atoms with Crippen LogP contribution in [0, 0.1) is 0 Å². The first-order chi connectivity index (χ1) is 29.2. The number of fused-ring (bicyclic) bond motifs is 7. The molecular formula is C53H42N4. The summed E-state index contributed by atoms with van der Waals surface area (Å²) in [4.78, 5) is 8.71. The highest BCUT2D eigenvalue weighted by Gasteiger charge is 2.46. The summed E-state index contributed by atoms with van der Waals surface area (Å²) in [6, 6.07) is 62.8. The molecule has 0 atom stereocenters. The highest BCUT2D eigenvalue weighted by Crippen LogP contribution is 2.57. The minimum Gasteiger partial charge on any atom is -0.355 e. The summed E-state index contributed by atoms with van der Waals surface area (Å²) in [7, 11) is 0. The van der Waals surface area contributed by atoms with Gasteiger partial charge in [-0.25, -0.2) is 4.98 Å². The van der Waals surface area contributed by atoms with E-state index in [4.69, 9.17) is 9.10 Å². The molecule has 0 spiro atoms. The van der Waals surface area contributed by atoms with E-state index in [1.54, 1.807) is 0 Å². The van der Waals surface area contributed by atoms with Crippen LogP contribution in [0.25, 0.3) is 49.9 Å². The molecule has 57 heavy (non-hydrogen) atoms. The zero-order chi connectivity index (χ0) is 40.8. The molecule has 0 N–H and O–H groups in total. The molecule has 1 aliphatic carbocycles. The number of para-hydroxylation sites is 3. The predicted molar refractivity (Wildman–Crippen MR) is 237 cm³/mol. The number of hydrogen-bond acceptors (Lipinski definition) is 3. The average Bonchev–Trinajstić information content (AvgIpc) is 3.94. The molecule has 4 heteroatoms. The lowest BCUT2D eigenvalue weighted by Gasteiger charge is -2.35. The van der Waals surface area contributed by atoms with Crippen LogP contribution < -0.4 is 9.80 Å². The van der Waals surface area contributed by atoms with Crippen molar-refractivity contribution in [2.24, 2.45) is 0 Å². The van der Waals surface area contributed by atoms with E-state index in [9.17, 15) is 0 Å². The Balaban J connectivity index is 1.17. The van der Waals surface area contributed by atoms with Crippen molar-refractivity contribution in [3.8, 4) is 28.1 Å². The Morgan fingerprint density at radius 3 is 2.04 bits per heavy atom. The highest BCUT2D eigenvalue weighted by molar-refractivity contribution is 6.09. The fourth-order valence-electron chi connectivity index (χ4n) is 9.79. The van der Waals surface area contributed by atoms with Crippen molar-refractivity contribution in [3.63, 3.8) is 0 Å². The Labute approximate surface area is 338 Å². The van der Waals surface area contributed by atoms with E-state index in [0.29, 0.717) is 11.6 Å². The van der Waals surface area contributed by atoms with Gasteiger partial charge in [0.2, 0.25) is 0 Å². The molecule has 2 aromatic heterocycles. The monoisotopic (exact) mass is 737 g/mol. The highest BCUT2D eigenvalue weighted by atomic mass is 15.4. The quantitative estimate of drug-likeness (QED) is 0.170. The summed E-state index contributed by atoms with van der Waals surface area (Å²) < 4.78 is 27.5. The minimum atomic E-state index is -2.28. The molecule has 0 radical (unpaired) electrons. The molecule has 0 saturated heterocycles. The molecule has 0 saturated carbocycles. The number of pyridine rings is 1. The third-order valence-electron chi connectivity index (χ3n) is 12.3. The van der Waals surface area contributed by atoms with Crippen LogP contribution in [0.1, 0.15) is 51.7 Å². The summed E-state index contributed by atoms with van der Waals surface area (Å²) in [5.74, 6) is 1.24. The van der Waals surface area contributed by atoms with Crippen molar-refractivity contribution in [1.82, 2.24) is 9.55 Å². The standard InChI is InChI=1S/C53H42N4/c1-35(2)40-17-4-5-18-41(40)36-29-30-54-52(31-36)57-48-24-11-8-21-44(48)45-28-27-38(33-51(45)57)53(46-22-9-6-19-42(46)43-20-7-10-23-47(43)53)37-15-14-16-39(32-37)56-34-55(3)49-25-12-13-26-50(49)56/h4-33,35H,34H2,1-3H3/i3D3. The molecule has 11 rings (SSSR count). The fourth-order valence-corrected chi connectivity index (χ4v) is 9.79. The topological polar surface area (TPSA) is 24.3 Å². The van der Waals surface area contributed by atoms with Gasteiger partial charge in [-0.2, -0.15) is 0 Å². The predicted octanol–water partition coefficient (Wildman–Crippen LogP) is 12.9. The van der Waals surface area contributed by atoms with Crippen LogP contribution >= 0.6 is 0 Å². The first-order valence-corrected chi connectivity index (χ1v) is 19.8. The van der Waals surface area contributed by atoms with Gasteiger partial charge in [-0.3, -0.25) is 4.57 Å². The van der Waals surface area contributed by atoms with E-state index in [1.165, 1.54) is 43.7 Å². The number of aromatic nitrogens is 2. The Morgan fingerprint density at radius 2 is 1.25 bits per heavy atom. The second kappa shape index (κ2) is 12.8. The van der Waals surface area contributed by atoms with Gasteiger partial charge in [0.15, 0.2) is 0 Å². The third kappa shape index (κ3) is 4.90. The third-order valence-corrected chi connectivity index (χ3v) is 12.3. The maximum atomic E-state index is 8.39. The van der Waals surface area contributed by atoms with E-state index in [-0.39, 0.29) is 6.67 Å². The lowest BCUT2D eigenvalue weighted by Crippen LogP contribution is -2.29. The maximum absolute atomic E-state index is 8.39. The molecule has 274 valence electrons. The van der Waals surface area contributed by atoms with E-state index in [2.05, 4.69) is 175 Å². The van der Waals surface area contributed by atoms with Crippen molar-refractivity contribution in [2.45, 2.75) is 25.2 Å². The average molecular weight is 738 g/mol. The fraction of sp³-hybridized carbons (Fsp3) is 0.113. The van der Waals surface area contributed by atoms with Crippen LogP contribution in [0.15, 0.2) is 182 Å². The van der Waals surface area contributed by atoms with E-state index in [1.807, 2.05) is 30.5 Å². The lowest BCUT2D eigenvalue weighted by molar-refractivity contribution is 0.768. The number of nitrogens with zero attached hydrogens (tertiary/aromatic N) is 4. The maximum Gasteiger partial charge on any atom is 0.138 e. The molecule has 4 nitrogen and oxygen atoms in total. The lowest BCUT2D eigenvalue weighted by atomic mass is 9.67. The molecule has 0 unspecified atom stereocenters. The summed E-state index contributed by atoms with van der Waals surface area (Å²) >= 11 is 0. The van der Waals surface area contributed by atoms with Crippen molar-refractivity contribution < 1.29 is 4.11 Å². The summed E-state index contributed by atoms with van der Waals surface area (Å²) in [6.07, 6.45) is 1.94. The summed E-state index contributed by atoms with van der Waals surface area (Å²) in [5.41, 5.74) is 14.7. The van der Waals surface area contributed by atoms with Gasteiger partial charge in [0.25, 0.3) is 0 Å². The summed E-state index contributed by atoms with van der Waals surface area (Å²) in [6.45, 7) is 2.43. The molecule has 1 aliphatic heterocycles. The Bertz CT molecular complexity index is 3100. The van der Waals surface area contributed by atoms with Crippen molar-refractivity contribution in [2.75, 3.05) is 23.4 Å². The molecule has 0 bridgehead atoms. The number of hydrogen-bond donors (Lipinski definition) is 0. The second-order valence-electron chi connectivity index (χ2n) is 15.6. The molecule has 0 amide bonds. The largest absolute Gasteiger partial charge is 0.355 e. The molecule has 7 aromatic carbocycles. The Hall–Kier alpha value is -6.91. The zero-order valence-corrected chi connectivity index (χ0v) is 31.9. The first-order valence-electron chi connectivity index (χ1n) is 21.3. The minimum absolute atomic E-state index is 0.221. The summed E-state index contributed by atoms with van der Waals surface area (Å²) in [5, 5.41) is 2.33. The Morgan fingerprint density at radius 1 is 0.579 bits per heavy atom. The number of benzene rings is 7. The molecule has 0 fully saturated rings. The SMILES string of the molecule is [2H]C([2H])([2H])N1CN(c2cccc(C3(c4ccc5c6ccccc6n(-c6cc(-c7ccccc7C(C)C)ccn6)c5c4)c4ccccc4-c4ccccc43)c2)c2ccccc21. The van der Waals surface area contributed by atoms with E-state index in [0.717, 1.165) is 50.3 Å². The smallest absolute Gasteiger partial charge is 0.138 e. The van der Waals surface area contributed by atoms with Gasteiger partial charge in [-0.15, -0.1) is 0 Å². The zero-order valence-electron chi connectivity index (χ0n) is 34.9. The molecule has 3 heterocycles. The van der Waals surface area contributed by atoms with Gasteiger partial charge in [0.1, 0.15) is 5.82 Å².